The Morgan fingerprint density at radius 1 is 1.17 bits per heavy atom. The van der Waals surface area contributed by atoms with E-state index < -0.39 is 17.7 Å². The van der Waals surface area contributed by atoms with Crippen molar-refractivity contribution in [1.82, 2.24) is 4.98 Å². The third-order valence-corrected chi connectivity index (χ3v) is 6.42. The summed E-state index contributed by atoms with van der Waals surface area (Å²) in [5.74, 6) is 0.166. The van der Waals surface area contributed by atoms with E-state index in [0.29, 0.717) is 36.5 Å². The van der Waals surface area contributed by atoms with Crippen molar-refractivity contribution in [3.05, 3.63) is 70.8 Å². The lowest BCUT2D eigenvalue weighted by molar-refractivity contribution is -0.138. The lowest BCUT2D eigenvalue weighted by Gasteiger charge is -2.18. The molecule has 2 heterocycles. The van der Waals surface area contributed by atoms with E-state index in [-0.39, 0.29) is 30.0 Å². The van der Waals surface area contributed by atoms with Crippen molar-refractivity contribution in [2.45, 2.75) is 37.5 Å². The molecule has 6 nitrogen and oxygen atoms in total. The average molecular weight is 485 g/mol. The lowest BCUT2D eigenvalue weighted by atomic mass is 9.97. The summed E-state index contributed by atoms with van der Waals surface area (Å²) in [6, 6.07) is 12.7. The monoisotopic (exact) mass is 485 g/mol. The molecule has 35 heavy (non-hydrogen) atoms. The number of carboxylic acids is 1. The Morgan fingerprint density at radius 2 is 2.00 bits per heavy atom. The van der Waals surface area contributed by atoms with Gasteiger partial charge in [0.2, 0.25) is 5.88 Å². The van der Waals surface area contributed by atoms with Crippen LogP contribution in [0.15, 0.2) is 48.5 Å². The van der Waals surface area contributed by atoms with Gasteiger partial charge in [0, 0.05) is 29.2 Å². The Morgan fingerprint density at radius 3 is 2.74 bits per heavy atom. The van der Waals surface area contributed by atoms with Gasteiger partial charge in [0.25, 0.3) is 0 Å². The molecule has 0 spiro atoms. The van der Waals surface area contributed by atoms with Gasteiger partial charge in [0.05, 0.1) is 31.4 Å². The first-order chi connectivity index (χ1) is 16.7. The van der Waals surface area contributed by atoms with Crippen LogP contribution in [0, 0.1) is 0 Å². The number of hydrogen-bond donors (Lipinski definition) is 1. The number of nitrogens with zero attached hydrogens (tertiary/aromatic N) is 1. The minimum Gasteiger partial charge on any atom is -0.492 e. The highest BCUT2D eigenvalue weighted by Crippen LogP contribution is 2.45. The molecular weight excluding hydrogens is 463 g/mol. The number of ether oxygens (including phenoxy) is 3. The number of methoxy groups -OCH3 is 1. The van der Waals surface area contributed by atoms with Gasteiger partial charge in [-0.25, -0.2) is 4.98 Å². The largest absolute Gasteiger partial charge is 0.492 e. The molecule has 5 rings (SSSR count). The van der Waals surface area contributed by atoms with Crippen LogP contribution in [0.1, 0.15) is 47.1 Å². The van der Waals surface area contributed by atoms with Crippen LogP contribution in [0.3, 0.4) is 0 Å². The molecule has 0 bridgehead atoms. The maximum Gasteiger partial charge on any atom is 0.418 e. The fourth-order valence-corrected chi connectivity index (χ4v) is 4.82. The molecule has 1 aliphatic heterocycles. The second-order valence-corrected chi connectivity index (χ2v) is 8.57. The van der Waals surface area contributed by atoms with Crippen molar-refractivity contribution in [1.29, 1.82) is 0 Å². The van der Waals surface area contributed by atoms with Gasteiger partial charge in [-0.1, -0.05) is 24.3 Å². The van der Waals surface area contributed by atoms with E-state index in [9.17, 15) is 18.0 Å². The van der Waals surface area contributed by atoms with E-state index in [4.69, 9.17) is 19.3 Å². The quantitative estimate of drug-likeness (QED) is 0.476. The van der Waals surface area contributed by atoms with Gasteiger partial charge in [0.15, 0.2) is 0 Å². The van der Waals surface area contributed by atoms with Gasteiger partial charge >= 0.3 is 12.1 Å². The van der Waals surface area contributed by atoms with Gasteiger partial charge in [-0.3, -0.25) is 4.79 Å². The number of hydrogen-bond acceptors (Lipinski definition) is 5. The van der Waals surface area contributed by atoms with Gasteiger partial charge in [0.1, 0.15) is 17.6 Å². The topological polar surface area (TPSA) is 77.9 Å². The third-order valence-electron chi connectivity index (χ3n) is 6.42. The summed E-state index contributed by atoms with van der Waals surface area (Å²) in [7, 11) is 1.36. The van der Waals surface area contributed by atoms with Crippen LogP contribution in [0.5, 0.6) is 17.4 Å². The highest BCUT2D eigenvalue weighted by molar-refractivity contribution is 5.71. The molecule has 0 saturated carbocycles. The summed E-state index contributed by atoms with van der Waals surface area (Å²) < 4.78 is 58.2. The predicted molar refractivity (Wildman–Crippen MR) is 120 cm³/mol. The SMILES string of the molecule is COc1ccc(C(F)(F)F)c(-c2cccc3c2CC[C@H]3Oc2ccc3c(c2)OCC3CC(=O)O)n1. The summed E-state index contributed by atoms with van der Waals surface area (Å²) in [6.45, 7) is 0.301. The first-order valence-corrected chi connectivity index (χ1v) is 11.1. The number of fused-ring (bicyclic) bond motifs is 2. The molecular formula is C26H22F3NO5. The lowest BCUT2D eigenvalue weighted by Crippen LogP contribution is -2.10. The minimum absolute atomic E-state index is 0.00972. The van der Waals surface area contributed by atoms with E-state index >= 15 is 0 Å². The number of alkyl halides is 3. The number of benzene rings is 2. The van der Waals surface area contributed by atoms with Crippen molar-refractivity contribution in [3.8, 4) is 28.6 Å². The molecule has 9 heteroatoms. The molecule has 2 atom stereocenters. The molecule has 2 aromatic carbocycles. The maximum atomic E-state index is 13.7. The Bertz CT molecular complexity index is 1290. The zero-order valence-electron chi connectivity index (χ0n) is 18.8. The molecule has 1 N–H and O–H groups in total. The van der Waals surface area contributed by atoms with Crippen LogP contribution >= 0.6 is 0 Å². The number of aromatic nitrogens is 1. The molecule has 1 aromatic heterocycles. The molecule has 0 saturated heterocycles. The third kappa shape index (κ3) is 4.38. The van der Waals surface area contributed by atoms with Gasteiger partial charge in [-0.05, 0) is 36.1 Å². The molecule has 0 radical (unpaired) electrons. The zero-order chi connectivity index (χ0) is 24.7. The number of carboxylic acid groups (broad SMARTS) is 1. The maximum absolute atomic E-state index is 13.7. The van der Waals surface area contributed by atoms with Gasteiger partial charge < -0.3 is 19.3 Å². The van der Waals surface area contributed by atoms with Crippen LogP contribution in [0.2, 0.25) is 0 Å². The molecule has 0 fully saturated rings. The zero-order valence-corrected chi connectivity index (χ0v) is 18.8. The van der Waals surface area contributed by atoms with Crippen molar-refractivity contribution in [2.75, 3.05) is 13.7 Å². The van der Waals surface area contributed by atoms with Crippen LogP contribution in [-0.2, 0) is 17.4 Å². The van der Waals surface area contributed by atoms with Crippen LogP contribution in [0.4, 0.5) is 13.2 Å². The van der Waals surface area contributed by atoms with Crippen LogP contribution < -0.4 is 14.2 Å². The molecule has 182 valence electrons. The van der Waals surface area contributed by atoms with E-state index in [1.165, 1.54) is 13.2 Å². The Kier molecular flexibility index (Phi) is 5.78. The molecule has 0 amide bonds. The molecule has 3 aromatic rings. The van der Waals surface area contributed by atoms with Crippen molar-refractivity contribution < 1.29 is 37.3 Å². The van der Waals surface area contributed by atoms with Gasteiger partial charge in [-0.15, -0.1) is 0 Å². The average Bonchev–Trinajstić information content (AvgIpc) is 3.41. The highest BCUT2D eigenvalue weighted by atomic mass is 19.4. The second-order valence-electron chi connectivity index (χ2n) is 8.57. The normalized spacial score (nSPS) is 18.5. The Balaban J connectivity index is 1.45. The number of pyridine rings is 1. The predicted octanol–water partition coefficient (Wildman–Crippen LogP) is 5.79. The minimum atomic E-state index is -4.56. The van der Waals surface area contributed by atoms with Gasteiger partial charge in [-0.2, -0.15) is 13.2 Å². The summed E-state index contributed by atoms with van der Waals surface area (Å²) in [5, 5.41) is 9.08. The van der Waals surface area contributed by atoms with E-state index in [1.807, 2.05) is 12.1 Å². The smallest absolute Gasteiger partial charge is 0.418 e. The molecule has 2 aliphatic rings. The Labute approximate surface area is 199 Å². The van der Waals surface area contributed by atoms with Crippen LogP contribution in [0.25, 0.3) is 11.3 Å². The summed E-state index contributed by atoms with van der Waals surface area (Å²) >= 11 is 0. The number of rotatable bonds is 6. The Hall–Kier alpha value is -3.75. The highest BCUT2D eigenvalue weighted by Gasteiger charge is 2.37. The van der Waals surface area contributed by atoms with E-state index in [0.717, 1.165) is 22.8 Å². The summed E-state index contributed by atoms with van der Waals surface area (Å²) in [5.41, 5.74) is 1.84. The standard InChI is InChI=1S/C26H22F3NO5/c1-33-23-10-8-20(26(27,28)29)25(30-23)19-4-2-3-18-17(19)7-9-21(18)35-15-5-6-16-14(11-24(31)32)13-34-22(16)12-15/h2-6,8,10,12,14,21H,7,9,11,13H2,1H3,(H,31,32)/t14?,21-/m1/s1. The fourth-order valence-electron chi connectivity index (χ4n) is 4.82. The summed E-state index contributed by atoms with van der Waals surface area (Å²) in [6.07, 6.45) is -3.79. The van der Waals surface area contributed by atoms with Crippen molar-refractivity contribution in [2.24, 2.45) is 0 Å². The number of carbonyl (C=O) groups is 1. The first kappa shape index (κ1) is 23.0. The second kappa shape index (κ2) is 8.79. The number of aliphatic carboxylic acids is 1. The van der Waals surface area contributed by atoms with E-state index in [2.05, 4.69) is 4.98 Å². The van der Waals surface area contributed by atoms with Crippen molar-refractivity contribution in [3.63, 3.8) is 0 Å². The first-order valence-electron chi connectivity index (χ1n) is 11.1. The summed E-state index contributed by atoms with van der Waals surface area (Å²) in [4.78, 5) is 15.2. The van der Waals surface area contributed by atoms with Crippen LogP contribution in [-0.4, -0.2) is 29.8 Å². The molecule has 1 aliphatic carbocycles. The molecule has 1 unspecified atom stereocenters. The fraction of sp³-hybridized carbons (Fsp3) is 0.308. The number of halogens is 3. The van der Waals surface area contributed by atoms with Crippen molar-refractivity contribution >= 4 is 5.97 Å². The van der Waals surface area contributed by atoms with E-state index in [1.54, 1.807) is 24.3 Å².